The fraction of sp³-hybridized carbons (Fsp3) is 0.714. The van der Waals surface area contributed by atoms with Gasteiger partial charge < -0.3 is 30.0 Å². The van der Waals surface area contributed by atoms with Crippen molar-refractivity contribution >= 4 is 0 Å². The van der Waals surface area contributed by atoms with Crippen LogP contribution in [0.25, 0.3) is 0 Å². The molecule has 5 N–H and O–H groups in total. The zero-order chi connectivity index (χ0) is 17.0. The van der Waals surface area contributed by atoms with Crippen LogP contribution in [0.4, 0.5) is 0 Å². The van der Waals surface area contributed by atoms with Gasteiger partial charge in [-0.25, -0.2) is 4.79 Å². The van der Waals surface area contributed by atoms with Gasteiger partial charge in [0, 0.05) is 32.2 Å². The summed E-state index contributed by atoms with van der Waals surface area (Å²) in [4.78, 5) is 28.0. The Balaban J connectivity index is 2.07. The summed E-state index contributed by atoms with van der Waals surface area (Å²) in [5.41, 5.74) is 4.13. The van der Waals surface area contributed by atoms with Gasteiger partial charge in [0.15, 0.2) is 0 Å². The molecule has 5 atom stereocenters. The first-order chi connectivity index (χ1) is 10.8. The molecule has 1 aliphatic carbocycles. The summed E-state index contributed by atoms with van der Waals surface area (Å²) in [6.07, 6.45) is -0.603. The Morgan fingerprint density at radius 1 is 1.35 bits per heavy atom. The Morgan fingerprint density at radius 2 is 2.04 bits per heavy atom. The highest BCUT2D eigenvalue weighted by Gasteiger charge is 2.65. The third-order valence-electron chi connectivity index (χ3n) is 4.93. The maximum absolute atomic E-state index is 11.8. The van der Waals surface area contributed by atoms with Crippen LogP contribution in [0.5, 0.6) is 0 Å². The van der Waals surface area contributed by atoms with E-state index in [0.717, 1.165) is 0 Å². The van der Waals surface area contributed by atoms with Crippen LogP contribution in [-0.2, 0) is 20.0 Å². The zero-order valence-corrected chi connectivity index (χ0v) is 13.2. The van der Waals surface area contributed by atoms with Crippen LogP contribution in [0.1, 0.15) is 24.1 Å². The van der Waals surface area contributed by atoms with Gasteiger partial charge >= 0.3 is 5.69 Å². The molecule has 9 nitrogen and oxygen atoms in total. The molecule has 1 saturated heterocycles. The smallest absolute Gasteiger partial charge is 0.326 e. The molecule has 9 heteroatoms. The molecule has 0 amide bonds. The van der Waals surface area contributed by atoms with Crippen molar-refractivity contribution in [1.82, 2.24) is 9.97 Å². The van der Waals surface area contributed by atoms with Crippen LogP contribution in [0.3, 0.4) is 0 Å². The lowest BCUT2D eigenvalue weighted by Crippen LogP contribution is -2.42. The quantitative estimate of drug-likeness (QED) is 0.526. The number of nitrogens with two attached hydrogens (primary N) is 1. The summed E-state index contributed by atoms with van der Waals surface area (Å²) in [6.45, 7) is 1.50. The Bertz CT molecular complexity index is 730. The van der Waals surface area contributed by atoms with Crippen LogP contribution in [-0.4, -0.2) is 53.1 Å². The number of aliphatic hydroxyl groups is 1. The molecule has 2 unspecified atom stereocenters. The predicted octanol–water partition coefficient (Wildman–Crippen LogP) is -1.56. The minimum absolute atomic E-state index is 0.0282. The van der Waals surface area contributed by atoms with E-state index < -0.39 is 34.8 Å². The first-order valence-corrected chi connectivity index (χ1v) is 7.34. The zero-order valence-electron chi connectivity index (χ0n) is 13.2. The minimum Gasteiger partial charge on any atom is -0.377 e. The van der Waals surface area contributed by atoms with Gasteiger partial charge in [-0.2, -0.15) is 0 Å². The van der Waals surface area contributed by atoms with Crippen molar-refractivity contribution in [3.8, 4) is 0 Å². The van der Waals surface area contributed by atoms with Crippen molar-refractivity contribution in [2.75, 3.05) is 14.2 Å². The number of aromatic amines is 2. The summed E-state index contributed by atoms with van der Waals surface area (Å²) in [5.74, 6) is -1.85. The molecule has 1 aliphatic heterocycles. The second-order valence-corrected chi connectivity index (χ2v) is 6.25. The molecule has 2 fully saturated rings. The number of methoxy groups -OCH3 is 2. The Hall–Kier alpha value is -1.52. The van der Waals surface area contributed by atoms with E-state index in [1.165, 1.54) is 21.1 Å². The van der Waals surface area contributed by atoms with E-state index in [9.17, 15) is 14.7 Å². The van der Waals surface area contributed by atoms with Crippen molar-refractivity contribution in [3.05, 3.63) is 32.1 Å². The number of hydrogen-bond donors (Lipinski definition) is 4. The van der Waals surface area contributed by atoms with E-state index >= 15 is 0 Å². The number of rotatable bonds is 3. The summed E-state index contributed by atoms with van der Waals surface area (Å²) in [7, 11) is 3.03. The summed E-state index contributed by atoms with van der Waals surface area (Å²) in [6, 6.07) is -0.297. The summed E-state index contributed by atoms with van der Waals surface area (Å²) in [5, 5.41) is 11.0. The Morgan fingerprint density at radius 3 is 2.65 bits per heavy atom. The molecule has 1 aromatic heterocycles. The third kappa shape index (κ3) is 2.27. The SMILES string of the molecule is COC1C(N)C[C@]2(OC)C[C@@](O)(c3[nH]c(=O)[nH]c(=O)c3C)O[C@H]12. The molecule has 1 aromatic rings. The first kappa shape index (κ1) is 16.3. The van der Waals surface area contributed by atoms with E-state index in [1.807, 2.05) is 0 Å². The molecule has 3 rings (SSSR count). The van der Waals surface area contributed by atoms with Crippen molar-refractivity contribution in [3.63, 3.8) is 0 Å². The lowest BCUT2D eigenvalue weighted by atomic mass is 9.91. The molecule has 1 saturated carbocycles. The predicted molar refractivity (Wildman–Crippen MR) is 78.9 cm³/mol. The van der Waals surface area contributed by atoms with E-state index in [2.05, 4.69) is 9.97 Å². The molecular formula is C14H21N3O6. The molecule has 2 heterocycles. The van der Waals surface area contributed by atoms with E-state index in [0.29, 0.717) is 6.42 Å². The van der Waals surface area contributed by atoms with Crippen LogP contribution in [0.2, 0.25) is 0 Å². The number of H-pyrrole nitrogens is 2. The van der Waals surface area contributed by atoms with Crippen LogP contribution < -0.4 is 17.0 Å². The molecule has 0 bridgehead atoms. The number of aromatic nitrogens is 2. The highest BCUT2D eigenvalue weighted by molar-refractivity contribution is 5.24. The average molecular weight is 327 g/mol. The van der Waals surface area contributed by atoms with E-state index in [4.69, 9.17) is 19.9 Å². The molecule has 128 valence electrons. The normalized spacial score (nSPS) is 39.6. The summed E-state index contributed by atoms with van der Waals surface area (Å²) >= 11 is 0. The van der Waals surface area contributed by atoms with Crippen LogP contribution in [0, 0.1) is 6.92 Å². The topological polar surface area (TPSA) is 140 Å². The second kappa shape index (κ2) is 5.25. The summed E-state index contributed by atoms with van der Waals surface area (Å²) < 4.78 is 16.8. The fourth-order valence-corrected chi connectivity index (χ4v) is 3.82. The maximum Gasteiger partial charge on any atom is 0.326 e. The third-order valence-corrected chi connectivity index (χ3v) is 4.93. The largest absolute Gasteiger partial charge is 0.377 e. The van der Waals surface area contributed by atoms with Crippen LogP contribution in [0.15, 0.2) is 9.59 Å². The molecular weight excluding hydrogens is 306 g/mol. The first-order valence-electron chi connectivity index (χ1n) is 7.34. The van der Waals surface area contributed by atoms with Gasteiger partial charge in [0.2, 0.25) is 5.79 Å². The molecule has 0 radical (unpaired) electrons. The number of nitrogens with one attached hydrogen (secondary N) is 2. The van der Waals surface area contributed by atoms with E-state index in [-0.39, 0.29) is 23.7 Å². The standard InChI is InChI=1S/C14H21N3O6/c1-6-9(16-12(19)17-11(6)18)14(20)5-13(22-3)4-7(15)8(21-2)10(13)23-14/h7-8,10,20H,4-5,15H2,1-3H3,(H2,16,17,18,19)/t7?,8?,10-,13+,14+/m1/s1. The minimum atomic E-state index is -1.85. The van der Waals surface area contributed by atoms with Gasteiger partial charge in [-0.05, 0) is 13.3 Å². The number of fused-ring (bicyclic) bond motifs is 1. The Labute approximate surface area is 131 Å². The highest BCUT2D eigenvalue weighted by Crippen LogP contribution is 2.52. The molecule has 0 spiro atoms. The van der Waals surface area contributed by atoms with Gasteiger partial charge in [-0.15, -0.1) is 0 Å². The number of hydrogen-bond acceptors (Lipinski definition) is 7. The number of ether oxygens (including phenoxy) is 3. The second-order valence-electron chi connectivity index (χ2n) is 6.25. The molecule has 0 aromatic carbocycles. The molecule has 23 heavy (non-hydrogen) atoms. The van der Waals surface area contributed by atoms with E-state index in [1.54, 1.807) is 0 Å². The van der Waals surface area contributed by atoms with Gasteiger partial charge in [-0.1, -0.05) is 0 Å². The highest BCUT2D eigenvalue weighted by atomic mass is 16.7. The van der Waals surface area contributed by atoms with Crippen molar-refractivity contribution in [2.24, 2.45) is 5.73 Å². The van der Waals surface area contributed by atoms with Crippen molar-refractivity contribution in [1.29, 1.82) is 0 Å². The monoisotopic (exact) mass is 327 g/mol. The fourth-order valence-electron chi connectivity index (χ4n) is 3.82. The van der Waals surface area contributed by atoms with Crippen molar-refractivity contribution < 1.29 is 19.3 Å². The Kier molecular flexibility index (Phi) is 3.73. The van der Waals surface area contributed by atoms with Gasteiger partial charge in [0.25, 0.3) is 5.56 Å². The average Bonchev–Trinajstić information content (AvgIpc) is 2.90. The maximum atomic E-state index is 11.8. The lowest BCUT2D eigenvalue weighted by Gasteiger charge is -2.27. The van der Waals surface area contributed by atoms with Crippen LogP contribution >= 0.6 is 0 Å². The lowest BCUT2D eigenvalue weighted by molar-refractivity contribution is -0.221. The van der Waals surface area contributed by atoms with Gasteiger partial charge in [0.05, 0.1) is 5.69 Å². The molecule has 2 aliphatic rings. The van der Waals surface area contributed by atoms with Gasteiger partial charge in [-0.3, -0.25) is 9.78 Å². The van der Waals surface area contributed by atoms with Crippen molar-refractivity contribution in [2.45, 2.75) is 49.4 Å². The van der Waals surface area contributed by atoms with Gasteiger partial charge in [0.1, 0.15) is 17.8 Å².